The van der Waals surface area contributed by atoms with Crippen molar-refractivity contribution in [3.63, 3.8) is 0 Å². The Balaban J connectivity index is 1.87. The van der Waals surface area contributed by atoms with Crippen molar-refractivity contribution in [2.24, 2.45) is 0 Å². The van der Waals surface area contributed by atoms with Gasteiger partial charge in [-0.1, -0.05) is 72.8 Å². The van der Waals surface area contributed by atoms with E-state index < -0.39 is 0 Å². The maximum atomic E-state index is 13.6. The number of hydrogen-bond donors (Lipinski definition) is 0. The molecule has 1 heterocycles. The van der Waals surface area contributed by atoms with Crippen molar-refractivity contribution in [2.75, 3.05) is 7.11 Å². The van der Waals surface area contributed by atoms with Crippen molar-refractivity contribution in [1.29, 1.82) is 0 Å². The van der Waals surface area contributed by atoms with Gasteiger partial charge in [0, 0.05) is 27.6 Å². The molecule has 6 rings (SSSR count). The first-order valence-electron chi connectivity index (χ1n) is 9.91. The summed E-state index contributed by atoms with van der Waals surface area (Å²) in [4.78, 5) is 18.6. The number of methoxy groups -OCH3 is 1. The van der Waals surface area contributed by atoms with Crippen LogP contribution in [0.15, 0.2) is 84.9 Å². The van der Waals surface area contributed by atoms with Crippen molar-refractivity contribution in [3.05, 3.63) is 96.1 Å². The van der Waals surface area contributed by atoms with E-state index >= 15 is 0 Å². The summed E-state index contributed by atoms with van der Waals surface area (Å²) >= 11 is 0. The van der Waals surface area contributed by atoms with E-state index in [4.69, 9.17) is 9.72 Å². The Morgan fingerprint density at radius 2 is 1.40 bits per heavy atom. The Morgan fingerprint density at radius 3 is 2.23 bits per heavy atom. The number of pyridine rings is 1. The monoisotopic (exact) mass is 387 g/mol. The number of nitrogens with zero attached hydrogens (tertiary/aromatic N) is 1. The number of benzene rings is 4. The fraction of sp³-hybridized carbons (Fsp3) is 0.0370. The maximum absolute atomic E-state index is 13.6. The number of carbonyl (C=O) groups excluding carboxylic acids is 1. The Bertz CT molecular complexity index is 1500. The molecule has 3 nitrogen and oxygen atoms in total. The second-order valence-corrected chi connectivity index (χ2v) is 7.47. The zero-order chi connectivity index (χ0) is 20.2. The van der Waals surface area contributed by atoms with Crippen molar-refractivity contribution in [3.8, 4) is 28.1 Å². The number of hydrogen-bond acceptors (Lipinski definition) is 3. The van der Waals surface area contributed by atoms with Crippen LogP contribution in [0.25, 0.3) is 44.1 Å². The van der Waals surface area contributed by atoms with Gasteiger partial charge in [-0.2, -0.15) is 0 Å². The van der Waals surface area contributed by atoms with Gasteiger partial charge < -0.3 is 4.74 Å². The van der Waals surface area contributed by atoms with Gasteiger partial charge in [0.1, 0.15) is 5.75 Å². The van der Waals surface area contributed by atoms with Crippen LogP contribution in [0, 0.1) is 0 Å². The third-order valence-corrected chi connectivity index (χ3v) is 5.91. The lowest BCUT2D eigenvalue weighted by Crippen LogP contribution is -2.02. The van der Waals surface area contributed by atoms with Gasteiger partial charge in [-0.05, 0) is 22.9 Å². The van der Waals surface area contributed by atoms with E-state index in [-0.39, 0.29) is 5.78 Å². The molecule has 0 amide bonds. The van der Waals surface area contributed by atoms with Crippen LogP contribution < -0.4 is 4.74 Å². The molecule has 0 bridgehead atoms. The highest BCUT2D eigenvalue weighted by atomic mass is 16.5. The van der Waals surface area contributed by atoms with Crippen LogP contribution in [0.4, 0.5) is 0 Å². The number of para-hydroxylation sites is 1. The maximum Gasteiger partial charge on any atom is 0.196 e. The summed E-state index contributed by atoms with van der Waals surface area (Å²) in [5.41, 5.74) is 5.67. The summed E-state index contributed by atoms with van der Waals surface area (Å²) in [6.07, 6.45) is 0. The molecule has 0 saturated carbocycles. The molecule has 0 aliphatic heterocycles. The third kappa shape index (κ3) is 2.20. The highest BCUT2D eigenvalue weighted by molar-refractivity contribution is 6.29. The number of ether oxygens (including phenoxy) is 1. The predicted molar refractivity (Wildman–Crippen MR) is 120 cm³/mol. The van der Waals surface area contributed by atoms with Gasteiger partial charge in [0.15, 0.2) is 5.78 Å². The predicted octanol–water partition coefficient (Wildman–Crippen LogP) is 6.28. The highest BCUT2D eigenvalue weighted by Gasteiger charge is 2.33. The fourth-order valence-electron chi connectivity index (χ4n) is 4.59. The van der Waals surface area contributed by atoms with E-state index in [1.165, 1.54) is 0 Å². The molecule has 142 valence electrons. The van der Waals surface area contributed by atoms with Gasteiger partial charge in [-0.15, -0.1) is 0 Å². The Labute approximate surface area is 173 Å². The van der Waals surface area contributed by atoms with Gasteiger partial charge in [-0.3, -0.25) is 4.79 Å². The number of rotatable bonds is 2. The van der Waals surface area contributed by atoms with Crippen LogP contribution in [0.2, 0.25) is 0 Å². The summed E-state index contributed by atoms with van der Waals surface area (Å²) in [6, 6.07) is 28.0. The summed E-state index contributed by atoms with van der Waals surface area (Å²) in [5.74, 6) is 0.757. The molecule has 4 aromatic carbocycles. The number of aromatic nitrogens is 1. The fourth-order valence-corrected chi connectivity index (χ4v) is 4.59. The molecule has 5 aromatic rings. The van der Waals surface area contributed by atoms with Crippen LogP contribution in [0.5, 0.6) is 5.75 Å². The zero-order valence-electron chi connectivity index (χ0n) is 16.3. The Hall–Kier alpha value is -3.98. The second-order valence-electron chi connectivity index (χ2n) is 7.47. The highest BCUT2D eigenvalue weighted by Crippen LogP contribution is 2.47. The Morgan fingerprint density at radius 1 is 0.700 bits per heavy atom. The smallest absolute Gasteiger partial charge is 0.196 e. The minimum absolute atomic E-state index is 0.0174. The molecule has 0 radical (unpaired) electrons. The van der Waals surface area contributed by atoms with Crippen LogP contribution in [0.1, 0.15) is 15.9 Å². The van der Waals surface area contributed by atoms with Crippen LogP contribution in [0.3, 0.4) is 0 Å². The molecule has 3 heteroatoms. The summed E-state index contributed by atoms with van der Waals surface area (Å²) in [5, 5.41) is 3.18. The zero-order valence-corrected chi connectivity index (χ0v) is 16.3. The van der Waals surface area contributed by atoms with Crippen LogP contribution in [-0.4, -0.2) is 17.9 Å². The molecular formula is C27H17NO2. The van der Waals surface area contributed by atoms with Crippen molar-refractivity contribution in [1.82, 2.24) is 4.98 Å². The number of carbonyl (C=O) groups is 1. The first-order valence-corrected chi connectivity index (χ1v) is 9.91. The topological polar surface area (TPSA) is 39.2 Å². The number of ketones is 1. The lowest BCUT2D eigenvalue weighted by atomic mass is 9.90. The molecule has 0 N–H and O–H groups in total. The van der Waals surface area contributed by atoms with E-state index in [0.29, 0.717) is 11.1 Å². The number of fused-ring (bicyclic) bond motifs is 6. The largest absolute Gasteiger partial charge is 0.496 e. The third-order valence-electron chi connectivity index (χ3n) is 5.91. The van der Waals surface area contributed by atoms with Crippen LogP contribution >= 0.6 is 0 Å². The van der Waals surface area contributed by atoms with Gasteiger partial charge in [0.05, 0.1) is 23.9 Å². The lowest BCUT2D eigenvalue weighted by Gasteiger charge is -2.16. The molecule has 1 aliphatic rings. The lowest BCUT2D eigenvalue weighted by molar-refractivity contribution is 0.104. The average Bonchev–Trinajstić information content (AvgIpc) is 3.09. The van der Waals surface area contributed by atoms with E-state index in [9.17, 15) is 4.79 Å². The van der Waals surface area contributed by atoms with Crippen molar-refractivity contribution >= 4 is 27.5 Å². The van der Waals surface area contributed by atoms with E-state index in [1.807, 2.05) is 66.7 Å². The molecule has 30 heavy (non-hydrogen) atoms. The minimum atomic E-state index is 0.0174. The molecular weight excluding hydrogens is 370 g/mol. The van der Waals surface area contributed by atoms with E-state index in [0.717, 1.165) is 49.8 Å². The quantitative estimate of drug-likeness (QED) is 0.329. The first kappa shape index (κ1) is 16.9. The SMILES string of the molecule is COc1ccccc1-c1c2c(nc3ccc4ccccc4c13)-c1ccccc1C2=O. The molecule has 0 atom stereocenters. The Kier molecular flexibility index (Phi) is 3.53. The van der Waals surface area contributed by atoms with E-state index in [2.05, 4.69) is 18.2 Å². The van der Waals surface area contributed by atoms with Gasteiger partial charge >= 0.3 is 0 Å². The average molecular weight is 387 g/mol. The second kappa shape index (κ2) is 6.26. The molecule has 0 unspecified atom stereocenters. The molecule has 0 spiro atoms. The summed E-state index contributed by atoms with van der Waals surface area (Å²) in [6.45, 7) is 0. The molecule has 0 saturated heterocycles. The molecule has 0 fully saturated rings. The first-order chi connectivity index (χ1) is 14.8. The van der Waals surface area contributed by atoms with Gasteiger partial charge in [0.2, 0.25) is 0 Å². The van der Waals surface area contributed by atoms with Crippen LogP contribution in [-0.2, 0) is 0 Å². The normalized spacial score (nSPS) is 12.2. The van der Waals surface area contributed by atoms with Gasteiger partial charge in [-0.25, -0.2) is 4.98 Å². The van der Waals surface area contributed by atoms with Crippen molar-refractivity contribution in [2.45, 2.75) is 0 Å². The van der Waals surface area contributed by atoms with Crippen molar-refractivity contribution < 1.29 is 9.53 Å². The van der Waals surface area contributed by atoms with E-state index in [1.54, 1.807) is 7.11 Å². The summed E-state index contributed by atoms with van der Waals surface area (Å²) < 4.78 is 5.70. The molecule has 1 aliphatic carbocycles. The van der Waals surface area contributed by atoms with Gasteiger partial charge in [0.25, 0.3) is 0 Å². The molecule has 1 aromatic heterocycles. The minimum Gasteiger partial charge on any atom is -0.496 e. The standard InChI is InChI=1S/C27H17NO2/c1-30-22-13-7-6-12-20(22)24-23-17-9-3-2-8-16(17)14-15-21(23)28-26-18-10-4-5-11-19(18)27(29)25(24)26/h2-15H,1H3. The summed E-state index contributed by atoms with van der Waals surface area (Å²) in [7, 11) is 1.66.